The van der Waals surface area contributed by atoms with E-state index in [1.165, 1.54) is 0 Å². The SMILES string of the molecule is N=C(N)c1ccccc1OI. The summed E-state index contributed by atoms with van der Waals surface area (Å²) in [5.41, 5.74) is 5.92. The minimum atomic E-state index is 0.0252. The van der Waals surface area contributed by atoms with Gasteiger partial charge >= 0.3 is 0 Å². The third kappa shape index (κ3) is 1.83. The second kappa shape index (κ2) is 3.56. The topological polar surface area (TPSA) is 59.1 Å². The van der Waals surface area contributed by atoms with Gasteiger partial charge in [-0.1, -0.05) is 12.1 Å². The van der Waals surface area contributed by atoms with Gasteiger partial charge in [0.25, 0.3) is 0 Å². The Morgan fingerprint density at radius 2 is 2.09 bits per heavy atom. The summed E-state index contributed by atoms with van der Waals surface area (Å²) in [7, 11) is 0. The molecule has 0 aliphatic heterocycles. The molecule has 1 aromatic carbocycles. The van der Waals surface area contributed by atoms with Crippen LogP contribution in [0.2, 0.25) is 0 Å². The van der Waals surface area contributed by atoms with Gasteiger partial charge in [-0.3, -0.25) is 5.41 Å². The molecule has 4 heteroatoms. The average molecular weight is 262 g/mol. The Balaban J connectivity index is 3.12. The van der Waals surface area contributed by atoms with Crippen LogP contribution in [-0.4, -0.2) is 5.84 Å². The van der Waals surface area contributed by atoms with Crippen molar-refractivity contribution in [1.82, 2.24) is 0 Å². The van der Waals surface area contributed by atoms with Crippen LogP contribution in [0.1, 0.15) is 5.56 Å². The van der Waals surface area contributed by atoms with Gasteiger partial charge in [-0.15, -0.1) is 0 Å². The molecule has 3 nitrogen and oxygen atoms in total. The minimum absolute atomic E-state index is 0.0252. The van der Waals surface area contributed by atoms with E-state index in [1.807, 2.05) is 12.1 Å². The summed E-state index contributed by atoms with van der Waals surface area (Å²) < 4.78 is 4.96. The molecular formula is C7H7IN2O. The molecule has 0 heterocycles. The molecule has 1 rings (SSSR count). The Morgan fingerprint density at radius 1 is 1.45 bits per heavy atom. The lowest BCUT2D eigenvalue weighted by molar-refractivity contribution is 0.714. The quantitative estimate of drug-likeness (QED) is 0.484. The number of para-hydroxylation sites is 1. The maximum atomic E-state index is 7.17. The zero-order valence-corrected chi connectivity index (χ0v) is 7.83. The molecule has 0 radical (unpaired) electrons. The number of nitrogens with one attached hydrogen (secondary N) is 1. The van der Waals surface area contributed by atoms with Gasteiger partial charge in [-0.05, 0) is 12.1 Å². The molecule has 0 aliphatic rings. The third-order valence-electron chi connectivity index (χ3n) is 1.26. The van der Waals surface area contributed by atoms with Crippen molar-refractivity contribution in [2.24, 2.45) is 5.73 Å². The van der Waals surface area contributed by atoms with Gasteiger partial charge in [0.05, 0.1) is 5.56 Å². The zero-order chi connectivity index (χ0) is 8.27. The molecule has 0 saturated heterocycles. The molecule has 3 N–H and O–H groups in total. The lowest BCUT2D eigenvalue weighted by Crippen LogP contribution is -2.11. The van der Waals surface area contributed by atoms with E-state index < -0.39 is 0 Å². The lowest BCUT2D eigenvalue weighted by Gasteiger charge is -2.02. The van der Waals surface area contributed by atoms with E-state index in [0.29, 0.717) is 11.3 Å². The first-order valence-corrected chi connectivity index (χ1v) is 3.86. The van der Waals surface area contributed by atoms with Crippen LogP contribution >= 0.6 is 23.0 Å². The number of halogens is 1. The van der Waals surface area contributed by atoms with Crippen LogP contribution in [-0.2, 0) is 0 Å². The van der Waals surface area contributed by atoms with Crippen molar-refractivity contribution in [2.75, 3.05) is 0 Å². The van der Waals surface area contributed by atoms with Crippen molar-refractivity contribution >= 4 is 28.8 Å². The van der Waals surface area contributed by atoms with Gasteiger partial charge in [0.15, 0.2) is 23.0 Å². The van der Waals surface area contributed by atoms with Crippen LogP contribution in [0, 0.1) is 5.41 Å². The molecule has 1 aromatic rings. The summed E-state index contributed by atoms with van der Waals surface area (Å²) >= 11 is 1.76. The number of hydrogen-bond acceptors (Lipinski definition) is 2. The molecule has 0 unspecified atom stereocenters. The van der Waals surface area contributed by atoms with Gasteiger partial charge in [0.2, 0.25) is 0 Å². The molecule has 11 heavy (non-hydrogen) atoms. The van der Waals surface area contributed by atoms with E-state index in [-0.39, 0.29) is 5.84 Å². The van der Waals surface area contributed by atoms with E-state index in [2.05, 4.69) is 0 Å². The summed E-state index contributed by atoms with van der Waals surface area (Å²) in [6.07, 6.45) is 0. The van der Waals surface area contributed by atoms with E-state index in [1.54, 1.807) is 35.1 Å². The molecule has 0 fully saturated rings. The third-order valence-corrected chi connectivity index (χ3v) is 1.73. The normalized spacial score (nSPS) is 9.18. The van der Waals surface area contributed by atoms with Crippen molar-refractivity contribution in [3.63, 3.8) is 0 Å². The van der Waals surface area contributed by atoms with Crippen molar-refractivity contribution in [3.8, 4) is 5.75 Å². The van der Waals surface area contributed by atoms with E-state index in [9.17, 15) is 0 Å². The first-order chi connectivity index (χ1) is 5.25. The van der Waals surface area contributed by atoms with E-state index >= 15 is 0 Å². The van der Waals surface area contributed by atoms with E-state index in [4.69, 9.17) is 14.2 Å². The monoisotopic (exact) mass is 262 g/mol. The lowest BCUT2D eigenvalue weighted by atomic mass is 10.2. The molecule has 58 valence electrons. The predicted molar refractivity (Wildman–Crippen MR) is 52.1 cm³/mol. The summed E-state index contributed by atoms with van der Waals surface area (Å²) in [5.74, 6) is 0.651. The van der Waals surface area contributed by atoms with Crippen LogP contribution in [0.25, 0.3) is 0 Å². The molecule has 0 saturated carbocycles. The summed E-state index contributed by atoms with van der Waals surface area (Å²) in [6, 6.07) is 7.16. The fourth-order valence-electron chi connectivity index (χ4n) is 0.756. The van der Waals surface area contributed by atoms with Crippen LogP contribution in [0.15, 0.2) is 24.3 Å². The number of nitrogen functional groups attached to an aromatic ring is 1. The molecule has 0 bridgehead atoms. The highest BCUT2D eigenvalue weighted by Gasteiger charge is 2.03. The van der Waals surface area contributed by atoms with Crippen molar-refractivity contribution in [1.29, 1.82) is 5.41 Å². The number of hydrogen-bond donors (Lipinski definition) is 2. The van der Waals surface area contributed by atoms with E-state index in [0.717, 1.165) is 0 Å². The van der Waals surface area contributed by atoms with Crippen molar-refractivity contribution in [2.45, 2.75) is 0 Å². The number of benzene rings is 1. The number of rotatable bonds is 2. The van der Waals surface area contributed by atoms with Crippen LogP contribution < -0.4 is 8.80 Å². The second-order valence-electron chi connectivity index (χ2n) is 1.99. The maximum Gasteiger partial charge on any atom is 0.192 e. The van der Waals surface area contributed by atoms with Crippen molar-refractivity contribution < 1.29 is 3.07 Å². The second-order valence-corrected chi connectivity index (χ2v) is 2.43. The standard InChI is InChI=1S/C7H7IN2O/c8-11-6-4-2-1-3-5(6)7(9)10/h1-4H,(H3,9,10). The fourth-order valence-corrected chi connectivity index (χ4v) is 1.14. The molecule has 0 atom stereocenters. The number of amidine groups is 1. The molecule has 0 aromatic heterocycles. The van der Waals surface area contributed by atoms with Crippen LogP contribution in [0.4, 0.5) is 0 Å². The predicted octanol–water partition coefficient (Wildman–Crippen LogP) is 1.70. The first-order valence-electron chi connectivity index (χ1n) is 2.97. The minimum Gasteiger partial charge on any atom is -0.427 e. The Kier molecular flexibility index (Phi) is 2.70. The highest BCUT2D eigenvalue weighted by molar-refractivity contribution is 14.1. The Labute approximate surface area is 78.7 Å². The summed E-state index contributed by atoms with van der Waals surface area (Å²) in [5, 5.41) is 7.17. The summed E-state index contributed by atoms with van der Waals surface area (Å²) in [4.78, 5) is 0. The summed E-state index contributed by atoms with van der Waals surface area (Å²) in [6.45, 7) is 0. The zero-order valence-electron chi connectivity index (χ0n) is 5.67. The fraction of sp³-hybridized carbons (Fsp3) is 0. The Hall–Kier alpha value is -0.780. The van der Waals surface area contributed by atoms with Crippen LogP contribution in [0.5, 0.6) is 5.75 Å². The van der Waals surface area contributed by atoms with Gasteiger partial charge in [-0.25, -0.2) is 0 Å². The van der Waals surface area contributed by atoms with Crippen molar-refractivity contribution in [3.05, 3.63) is 29.8 Å². The highest BCUT2D eigenvalue weighted by Crippen LogP contribution is 2.18. The Bertz CT molecular complexity index is 275. The maximum absolute atomic E-state index is 7.17. The van der Waals surface area contributed by atoms with Gasteiger partial charge < -0.3 is 8.80 Å². The largest absolute Gasteiger partial charge is 0.427 e. The molecule has 0 aliphatic carbocycles. The highest BCUT2D eigenvalue weighted by atomic mass is 127. The molecule has 0 spiro atoms. The molecule has 0 amide bonds. The van der Waals surface area contributed by atoms with Gasteiger partial charge in [-0.2, -0.15) is 0 Å². The average Bonchev–Trinajstić information content (AvgIpc) is 2.04. The Morgan fingerprint density at radius 3 is 2.55 bits per heavy atom. The number of nitrogens with two attached hydrogens (primary N) is 1. The smallest absolute Gasteiger partial charge is 0.192 e. The van der Waals surface area contributed by atoms with Crippen LogP contribution in [0.3, 0.4) is 0 Å². The molecular weight excluding hydrogens is 255 g/mol. The van der Waals surface area contributed by atoms with Gasteiger partial charge in [0.1, 0.15) is 11.6 Å². The van der Waals surface area contributed by atoms with Gasteiger partial charge in [0, 0.05) is 0 Å². The first kappa shape index (κ1) is 8.32.